The largest absolute Gasteiger partial charge is 0.348 e. The standard InChI is InChI=1S/C21H22N2/c1-14-16-11-12-20(18-9-5-4-8-17(16)18)23(14)21-13-15-7-3-6-10-19(15)22(21)2/h3-10,13-14,16,20H,11-12H2,1-2H3/t14-,16?,20?/m0/s1. The second kappa shape index (κ2) is 4.64. The first-order valence-electron chi connectivity index (χ1n) is 8.67. The normalized spacial score (nSPS) is 25.8. The number of rotatable bonds is 1. The first-order chi connectivity index (χ1) is 11.3. The van der Waals surface area contributed by atoms with E-state index in [1.54, 1.807) is 11.1 Å². The molecule has 0 saturated carbocycles. The number of fused-ring (bicyclic) bond motifs is 3. The summed E-state index contributed by atoms with van der Waals surface area (Å²) in [6, 6.07) is 21.3. The maximum Gasteiger partial charge on any atom is 0.110 e. The van der Waals surface area contributed by atoms with E-state index < -0.39 is 0 Å². The molecule has 1 fully saturated rings. The summed E-state index contributed by atoms with van der Waals surface area (Å²) in [5.41, 5.74) is 4.46. The zero-order valence-corrected chi connectivity index (χ0v) is 13.7. The highest BCUT2D eigenvalue weighted by molar-refractivity contribution is 5.85. The Morgan fingerprint density at radius 1 is 0.913 bits per heavy atom. The summed E-state index contributed by atoms with van der Waals surface area (Å²) in [4.78, 5) is 2.68. The van der Waals surface area contributed by atoms with E-state index in [2.05, 4.69) is 78.0 Å². The average molecular weight is 302 g/mol. The number of nitrogens with zero attached hydrogens (tertiary/aromatic N) is 2. The van der Waals surface area contributed by atoms with Gasteiger partial charge in [0, 0.05) is 29.9 Å². The van der Waals surface area contributed by atoms with E-state index in [-0.39, 0.29) is 0 Å². The number of anilines is 1. The Morgan fingerprint density at radius 2 is 1.65 bits per heavy atom. The third kappa shape index (κ3) is 1.69. The molecule has 3 heterocycles. The van der Waals surface area contributed by atoms with Gasteiger partial charge in [-0.15, -0.1) is 0 Å². The third-order valence-corrected chi connectivity index (χ3v) is 6.05. The summed E-state index contributed by atoms with van der Waals surface area (Å²) in [6.45, 7) is 2.41. The summed E-state index contributed by atoms with van der Waals surface area (Å²) in [5.74, 6) is 2.03. The molecule has 1 aliphatic carbocycles. The van der Waals surface area contributed by atoms with E-state index in [9.17, 15) is 0 Å². The van der Waals surface area contributed by atoms with Crippen LogP contribution in [0.2, 0.25) is 0 Å². The van der Waals surface area contributed by atoms with Crippen molar-refractivity contribution in [3.05, 3.63) is 65.7 Å². The van der Waals surface area contributed by atoms with Gasteiger partial charge in [-0.05, 0) is 43.0 Å². The van der Waals surface area contributed by atoms with Crippen molar-refractivity contribution in [3.63, 3.8) is 0 Å². The van der Waals surface area contributed by atoms with Gasteiger partial charge in [-0.25, -0.2) is 0 Å². The van der Waals surface area contributed by atoms with Crippen molar-refractivity contribution in [1.29, 1.82) is 0 Å². The van der Waals surface area contributed by atoms with Gasteiger partial charge < -0.3 is 9.47 Å². The Balaban J connectivity index is 1.70. The summed E-state index contributed by atoms with van der Waals surface area (Å²) in [7, 11) is 2.21. The molecule has 2 unspecified atom stereocenters. The number of aromatic nitrogens is 1. The number of piperidine rings is 1. The lowest BCUT2D eigenvalue weighted by atomic mass is 9.71. The molecule has 2 aliphatic heterocycles. The second-order valence-electron chi connectivity index (χ2n) is 7.10. The Labute approximate surface area is 137 Å². The molecule has 2 bridgehead atoms. The zero-order chi connectivity index (χ0) is 15.6. The number of hydrogen-bond donors (Lipinski definition) is 0. The van der Waals surface area contributed by atoms with Crippen molar-refractivity contribution >= 4 is 16.7 Å². The van der Waals surface area contributed by atoms with Crippen molar-refractivity contribution in [2.75, 3.05) is 4.90 Å². The highest BCUT2D eigenvalue weighted by Crippen LogP contribution is 2.52. The lowest BCUT2D eigenvalue weighted by Crippen LogP contribution is -2.49. The van der Waals surface area contributed by atoms with Crippen LogP contribution in [-0.4, -0.2) is 10.6 Å². The summed E-state index contributed by atoms with van der Waals surface area (Å²) in [6.07, 6.45) is 2.59. The number of para-hydroxylation sites is 1. The van der Waals surface area contributed by atoms with Gasteiger partial charge in [0.25, 0.3) is 0 Å². The molecule has 6 rings (SSSR count). The predicted molar refractivity (Wildman–Crippen MR) is 96.0 cm³/mol. The van der Waals surface area contributed by atoms with Crippen molar-refractivity contribution in [1.82, 2.24) is 4.57 Å². The molecule has 0 spiro atoms. The molecule has 116 valence electrons. The quantitative estimate of drug-likeness (QED) is 0.614. The van der Waals surface area contributed by atoms with Crippen LogP contribution in [0.1, 0.15) is 42.9 Å². The molecule has 3 aromatic rings. The van der Waals surface area contributed by atoms with Crippen LogP contribution in [0.25, 0.3) is 10.9 Å². The van der Waals surface area contributed by atoms with Gasteiger partial charge in [-0.2, -0.15) is 0 Å². The highest BCUT2D eigenvalue weighted by atomic mass is 15.3. The summed E-state index contributed by atoms with van der Waals surface area (Å²) >= 11 is 0. The Bertz CT molecular complexity index is 892. The zero-order valence-electron chi connectivity index (χ0n) is 13.7. The molecule has 0 amide bonds. The molecule has 1 aromatic heterocycles. The van der Waals surface area contributed by atoms with Crippen molar-refractivity contribution in [2.24, 2.45) is 7.05 Å². The van der Waals surface area contributed by atoms with Crippen LogP contribution in [0.15, 0.2) is 54.6 Å². The minimum absolute atomic E-state index is 0.522. The number of hydrogen-bond acceptors (Lipinski definition) is 1. The monoisotopic (exact) mass is 302 g/mol. The molecule has 3 atom stereocenters. The predicted octanol–water partition coefficient (Wildman–Crippen LogP) is 5.01. The van der Waals surface area contributed by atoms with E-state index >= 15 is 0 Å². The highest BCUT2D eigenvalue weighted by Gasteiger charge is 2.43. The summed E-state index contributed by atoms with van der Waals surface area (Å²) < 4.78 is 2.37. The van der Waals surface area contributed by atoms with Gasteiger partial charge in [0.05, 0.1) is 6.04 Å². The van der Waals surface area contributed by atoms with Crippen molar-refractivity contribution in [2.45, 2.75) is 37.8 Å². The van der Waals surface area contributed by atoms with Gasteiger partial charge >= 0.3 is 0 Å². The van der Waals surface area contributed by atoms with Crippen LogP contribution in [0, 0.1) is 0 Å². The second-order valence-corrected chi connectivity index (χ2v) is 7.10. The Hall–Kier alpha value is -2.22. The van der Waals surface area contributed by atoms with Crippen molar-refractivity contribution in [3.8, 4) is 0 Å². The smallest absolute Gasteiger partial charge is 0.110 e. The molecule has 2 heteroatoms. The van der Waals surface area contributed by atoms with E-state index in [1.165, 1.54) is 29.6 Å². The summed E-state index contributed by atoms with van der Waals surface area (Å²) in [5, 5.41) is 1.34. The first-order valence-corrected chi connectivity index (χ1v) is 8.67. The molecular weight excluding hydrogens is 280 g/mol. The first kappa shape index (κ1) is 13.2. The van der Waals surface area contributed by atoms with Crippen LogP contribution in [0.4, 0.5) is 5.82 Å². The third-order valence-electron chi connectivity index (χ3n) is 6.05. The minimum Gasteiger partial charge on any atom is -0.348 e. The number of aryl methyl sites for hydroxylation is 1. The molecule has 3 aliphatic rings. The van der Waals surface area contributed by atoms with E-state index in [4.69, 9.17) is 0 Å². The van der Waals surface area contributed by atoms with Crippen LogP contribution >= 0.6 is 0 Å². The molecule has 23 heavy (non-hydrogen) atoms. The van der Waals surface area contributed by atoms with Crippen LogP contribution in [-0.2, 0) is 7.05 Å². The van der Waals surface area contributed by atoms with Crippen LogP contribution in [0.3, 0.4) is 0 Å². The topological polar surface area (TPSA) is 8.17 Å². The fourth-order valence-corrected chi connectivity index (χ4v) is 4.96. The molecule has 2 nitrogen and oxygen atoms in total. The molecular formula is C21H22N2. The van der Waals surface area contributed by atoms with Gasteiger partial charge in [0.1, 0.15) is 5.82 Å². The lowest BCUT2D eigenvalue weighted by molar-refractivity contribution is 0.321. The molecule has 0 N–H and O–H groups in total. The maximum absolute atomic E-state index is 2.68. The lowest BCUT2D eigenvalue weighted by Gasteiger charge is -2.52. The fourth-order valence-electron chi connectivity index (χ4n) is 4.96. The molecule has 0 radical (unpaired) electrons. The van der Waals surface area contributed by atoms with Gasteiger partial charge in [0.2, 0.25) is 0 Å². The molecule has 1 saturated heterocycles. The minimum atomic E-state index is 0.522. The van der Waals surface area contributed by atoms with Crippen molar-refractivity contribution < 1.29 is 0 Å². The Kier molecular flexibility index (Phi) is 2.67. The van der Waals surface area contributed by atoms with E-state index in [0.717, 1.165) is 0 Å². The Morgan fingerprint density at radius 3 is 2.48 bits per heavy atom. The van der Waals surface area contributed by atoms with Crippen LogP contribution < -0.4 is 4.90 Å². The average Bonchev–Trinajstić information content (AvgIpc) is 2.93. The van der Waals surface area contributed by atoms with Gasteiger partial charge in [-0.3, -0.25) is 0 Å². The van der Waals surface area contributed by atoms with E-state index in [0.29, 0.717) is 18.0 Å². The number of benzene rings is 2. The fraction of sp³-hybridized carbons (Fsp3) is 0.333. The van der Waals surface area contributed by atoms with E-state index in [1.807, 2.05) is 0 Å². The van der Waals surface area contributed by atoms with Gasteiger partial charge in [-0.1, -0.05) is 42.5 Å². The maximum atomic E-state index is 2.68. The molecule has 2 aromatic carbocycles. The SMILES string of the molecule is C[C@H]1C2CCC(c3ccccc32)N1c1cc2ccccc2n1C. The van der Waals surface area contributed by atoms with Gasteiger partial charge in [0.15, 0.2) is 0 Å². The van der Waals surface area contributed by atoms with Crippen LogP contribution in [0.5, 0.6) is 0 Å².